The normalized spacial score (nSPS) is 10.2. The maximum atomic E-state index is 13.3. The molecule has 0 aliphatic rings. The summed E-state index contributed by atoms with van der Waals surface area (Å²) in [5.74, 6) is -0.866. The number of phenols is 1. The van der Waals surface area contributed by atoms with E-state index in [1.807, 2.05) is 0 Å². The van der Waals surface area contributed by atoms with Gasteiger partial charge in [0.25, 0.3) is 5.91 Å². The van der Waals surface area contributed by atoms with Crippen LogP contribution in [0.25, 0.3) is 0 Å². The largest absolute Gasteiger partial charge is 0.508 e. The monoisotopic (exact) mass is 260 g/mol. The average molecular weight is 260 g/mol. The Morgan fingerprint density at radius 3 is 2.63 bits per heavy atom. The predicted molar refractivity (Wildman–Crippen MR) is 71.6 cm³/mol. The van der Waals surface area contributed by atoms with Crippen LogP contribution in [0.3, 0.4) is 0 Å². The molecular weight excluding hydrogens is 247 g/mol. The lowest BCUT2D eigenvalue weighted by Gasteiger charge is -2.08. The summed E-state index contributed by atoms with van der Waals surface area (Å²) in [6, 6.07) is 8.47. The minimum Gasteiger partial charge on any atom is -0.508 e. The number of halogens is 1. The van der Waals surface area contributed by atoms with E-state index >= 15 is 0 Å². The number of nitrogens with one attached hydrogen (secondary N) is 1. The summed E-state index contributed by atoms with van der Waals surface area (Å²) in [5, 5.41) is 11.9. The highest BCUT2D eigenvalue weighted by atomic mass is 19.1. The average Bonchev–Trinajstić information content (AvgIpc) is 2.33. The van der Waals surface area contributed by atoms with E-state index in [4.69, 9.17) is 5.73 Å². The Morgan fingerprint density at radius 2 is 2.00 bits per heavy atom. The Hall–Kier alpha value is -2.56. The number of aryl methyl sites for hydroxylation is 1. The fraction of sp³-hybridized carbons (Fsp3) is 0.0714. The van der Waals surface area contributed by atoms with Gasteiger partial charge in [-0.05, 0) is 48.9 Å². The third kappa shape index (κ3) is 2.82. The van der Waals surface area contributed by atoms with E-state index in [2.05, 4.69) is 5.32 Å². The van der Waals surface area contributed by atoms with Crippen molar-refractivity contribution in [3.05, 3.63) is 53.3 Å². The van der Waals surface area contributed by atoms with Gasteiger partial charge in [0.15, 0.2) is 0 Å². The molecule has 0 fully saturated rings. The molecule has 0 unspecified atom stereocenters. The molecule has 4 nitrogen and oxygen atoms in total. The maximum absolute atomic E-state index is 13.3. The van der Waals surface area contributed by atoms with Crippen molar-refractivity contribution >= 4 is 17.3 Å². The highest BCUT2D eigenvalue weighted by Crippen LogP contribution is 2.19. The summed E-state index contributed by atoms with van der Waals surface area (Å²) in [5.41, 5.74) is 6.75. The van der Waals surface area contributed by atoms with E-state index in [0.717, 1.165) is 6.07 Å². The third-order valence-electron chi connectivity index (χ3n) is 2.71. The molecule has 4 N–H and O–H groups in total. The summed E-state index contributed by atoms with van der Waals surface area (Å²) in [6.45, 7) is 1.71. The lowest BCUT2D eigenvalue weighted by atomic mass is 10.1. The minimum absolute atomic E-state index is 0.0267. The van der Waals surface area contributed by atoms with Crippen molar-refractivity contribution in [3.8, 4) is 5.75 Å². The SMILES string of the molecule is Cc1cc(O)ccc1C(=O)Nc1ccc(N)c(F)c1. The summed E-state index contributed by atoms with van der Waals surface area (Å²) in [6.07, 6.45) is 0. The summed E-state index contributed by atoms with van der Waals surface area (Å²) < 4.78 is 13.3. The van der Waals surface area contributed by atoms with Gasteiger partial charge in [-0.25, -0.2) is 4.39 Å². The molecular formula is C14H13FN2O2. The van der Waals surface area contributed by atoms with Gasteiger partial charge in [0.1, 0.15) is 11.6 Å². The third-order valence-corrected chi connectivity index (χ3v) is 2.71. The molecule has 98 valence electrons. The first-order chi connectivity index (χ1) is 8.97. The van der Waals surface area contributed by atoms with Crippen LogP contribution in [0.1, 0.15) is 15.9 Å². The second-order valence-electron chi connectivity index (χ2n) is 4.19. The van der Waals surface area contributed by atoms with Crippen LogP contribution in [0.2, 0.25) is 0 Å². The van der Waals surface area contributed by atoms with E-state index in [1.165, 1.54) is 30.3 Å². The first-order valence-corrected chi connectivity index (χ1v) is 5.63. The Balaban J connectivity index is 2.23. The Labute approximate surface area is 109 Å². The van der Waals surface area contributed by atoms with Crippen LogP contribution in [0.15, 0.2) is 36.4 Å². The van der Waals surface area contributed by atoms with Gasteiger partial charge < -0.3 is 16.2 Å². The fourth-order valence-electron chi connectivity index (χ4n) is 1.71. The zero-order valence-electron chi connectivity index (χ0n) is 10.3. The number of hydrogen-bond acceptors (Lipinski definition) is 3. The summed E-state index contributed by atoms with van der Waals surface area (Å²) >= 11 is 0. The van der Waals surface area contributed by atoms with Crippen LogP contribution in [0.4, 0.5) is 15.8 Å². The molecule has 0 atom stereocenters. The number of nitrogen functional groups attached to an aromatic ring is 1. The minimum atomic E-state index is -0.583. The van der Waals surface area contributed by atoms with Gasteiger partial charge in [0, 0.05) is 11.3 Å². The van der Waals surface area contributed by atoms with Crippen molar-refractivity contribution in [2.45, 2.75) is 6.92 Å². The molecule has 2 aromatic rings. The van der Waals surface area contributed by atoms with Gasteiger partial charge in [0.2, 0.25) is 0 Å². The van der Waals surface area contributed by atoms with Crippen molar-refractivity contribution < 1.29 is 14.3 Å². The zero-order chi connectivity index (χ0) is 14.0. The molecule has 0 heterocycles. The van der Waals surface area contributed by atoms with Crippen molar-refractivity contribution in [2.24, 2.45) is 0 Å². The number of anilines is 2. The summed E-state index contributed by atoms with van der Waals surface area (Å²) in [7, 11) is 0. The quantitative estimate of drug-likeness (QED) is 0.727. The molecule has 0 aliphatic carbocycles. The van der Waals surface area contributed by atoms with Crippen LogP contribution >= 0.6 is 0 Å². The number of aromatic hydroxyl groups is 1. The van der Waals surface area contributed by atoms with E-state index in [9.17, 15) is 14.3 Å². The highest BCUT2D eigenvalue weighted by molar-refractivity contribution is 6.05. The number of nitrogens with two attached hydrogens (primary N) is 1. The van der Waals surface area contributed by atoms with E-state index in [0.29, 0.717) is 16.8 Å². The molecule has 0 saturated carbocycles. The number of carbonyl (C=O) groups is 1. The topological polar surface area (TPSA) is 75.3 Å². The number of benzene rings is 2. The zero-order valence-corrected chi connectivity index (χ0v) is 10.3. The Kier molecular flexibility index (Phi) is 3.37. The number of carbonyl (C=O) groups excluding carboxylic acids is 1. The van der Waals surface area contributed by atoms with Crippen molar-refractivity contribution in [1.29, 1.82) is 0 Å². The second-order valence-corrected chi connectivity index (χ2v) is 4.19. The Bertz CT molecular complexity index is 641. The molecule has 2 aromatic carbocycles. The van der Waals surface area contributed by atoms with Gasteiger partial charge in [-0.1, -0.05) is 0 Å². The van der Waals surface area contributed by atoms with E-state index in [-0.39, 0.29) is 17.3 Å². The van der Waals surface area contributed by atoms with Gasteiger partial charge in [-0.3, -0.25) is 4.79 Å². The van der Waals surface area contributed by atoms with Crippen LogP contribution in [-0.2, 0) is 0 Å². The molecule has 19 heavy (non-hydrogen) atoms. The molecule has 0 bridgehead atoms. The number of phenolic OH excluding ortho intramolecular Hbond substituents is 1. The number of amides is 1. The smallest absolute Gasteiger partial charge is 0.255 e. The number of rotatable bonds is 2. The molecule has 0 saturated heterocycles. The van der Waals surface area contributed by atoms with Gasteiger partial charge in [0.05, 0.1) is 5.69 Å². The van der Waals surface area contributed by atoms with Crippen LogP contribution in [0, 0.1) is 12.7 Å². The lowest BCUT2D eigenvalue weighted by molar-refractivity contribution is 0.102. The van der Waals surface area contributed by atoms with Gasteiger partial charge >= 0.3 is 0 Å². The molecule has 1 amide bonds. The standard InChI is InChI=1S/C14H13FN2O2/c1-8-6-10(18)3-4-11(8)14(19)17-9-2-5-13(16)12(15)7-9/h2-7,18H,16H2,1H3,(H,17,19). The second kappa shape index (κ2) is 4.97. The molecule has 5 heteroatoms. The molecule has 0 aliphatic heterocycles. The van der Waals surface area contributed by atoms with Crippen molar-refractivity contribution in [2.75, 3.05) is 11.1 Å². The first-order valence-electron chi connectivity index (χ1n) is 5.63. The lowest BCUT2D eigenvalue weighted by Crippen LogP contribution is -2.13. The summed E-state index contributed by atoms with van der Waals surface area (Å²) in [4.78, 5) is 12.0. The number of hydrogen-bond donors (Lipinski definition) is 3. The fourth-order valence-corrected chi connectivity index (χ4v) is 1.71. The maximum Gasteiger partial charge on any atom is 0.255 e. The van der Waals surface area contributed by atoms with E-state index < -0.39 is 5.82 Å². The molecule has 0 aromatic heterocycles. The Morgan fingerprint density at radius 1 is 1.26 bits per heavy atom. The molecule has 0 radical (unpaired) electrons. The highest BCUT2D eigenvalue weighted by Gasteiger charge is 2.10. The van der Waals surface area contributed by atoms with E-state index in [1.54, 1.807) is 6.92 Å². The molecule has 2 rings (SSSR count). The first kappa shape index (κ1) is 12.9. The van der Waals surface area contributed by atoms with Gasteiger partial charge in [-0.2, -0.15) is 0 Å². The van der Waals surface area contributed by atoms with Gasteiger partial charge in [-0.15, -0.1) is 0 Å². The van der Waals surface area contributed by atoms with Crippen molar-refractivity contribution in [1.82, 2.24) is 0 Å². The van der Waals surface area contributed by atoms with Crippen LogP contribution in [-0.4, -0.2) is 11.0 Å². The van der Waals surface area contributed by atoms with Crippen LogP contribution in [0.5, 0.6) is 5.75 Å². The molecule has 0 spiro atoms. The van der Waals surface area contributed by atoms with Crippen molar-refractivity contribution in [3.63, 3.8) is 0 Å². The predicted octanol–water partition coefficient (Wildman–Crippen LogP) is 2.67. The van der Waals surface area contributed by atoms with Crippen LogP contribution < -0.4 is 11.1 Å².